The van der Waals surface area contributed by atoms with Gasteiger partial charge in [-0.2, -0.15) is 8.78 Å². The number of benzene rings is 3. The van der Waals surface area contributed by atoms with E-state index in [-0.39, 0.29) is 11.6 Å². The van der Waals surface area contributed by atoms with Gasteiger partial charge in [-0.05, 0) is 59.9 Å². The van der Waals surface area contributed by atoms with Crippen molar-refractivity contribution in [3.8, 4) is 16.9 Å². The Morgan fingerprint density at radius 3 is 1.93 bits per heavy atom. The summed E-state index contributed by atoms with van der Waals surface area (Å²) in [6.45, 7) is 2.07. The maximum Gasteiger partial charge on any atom is 0.427 e. The fourth-order valence-electron chi connectivity index (χ4n) is 2.93. The van der Waals surface area contributed by atoms with Gasteiger partial charge in [-0.1, -0.05) is 37.6 Å². The summed E-state index contributed by atoms with van der Waals surface area (Å²) in [7, 11) is 0. The lowest BCUT2D eigenvalue weighted by molar-refractivity contribution is -0.188. The third kappa shape index (κ3) is 4.78. The lowest BCUT2D eigenvalue weighted by Gasteiger charge is -2.19. The molecule has 0 N–H and O–H groups in total. The van der Waals surface area contributed by atoms with Gasteiger partial charge < -0.3 is 4.74 Å². The Kier molecular flexibility index (Phi) is 6.39. The van der Waals surface area contributed by atoms with E-state index >= 15 is 0 Å². The highest BCUT2D eigenvalue weighted by atomic mass is 19.3. The van der Waals surface area contributed by atoms with E-state index in [2.05, 4.69) is 11.7 Å². The van der Waals surface area contributed by atoms with Gasteiger partial charge in [0, 0.05) is 0 Å². The molecule has 30 heavy (non-hydrogen) atoms. The van der Waals surface area contributed by atoms with Gasteiger partial charge in [0.25, 0.3) is 0 Å². The molecule has 3 rings (SSSR count). The molecule has 0 aliphatic heterocycles. The van der Waals surface area contributed by atoms with Gasteiger partial charge >= 0.3 is 6.11 Å². The first-order chi connectivity index (χ1) is 14.2. The van der Waals surface area contributed by atoms with Crippen LogP contribution in [0.3, 0.4) is 0 Å². The van der Waals surface area contributed by atoms with Crippen molar-refractivity contribution in [2.24, 2.45) is 0 Å². The fourth-order valence-corrected chi connectivity index (χ4v) is 2.93. The highest BCUT2D eigenvalue weighted by molar-refractivity contribution is 5.65. The monoisotopic (exact) mass is 424 g/mol. The van der Waals surface area contributed by atoms with Crippen LogP contribution in [0.1, 0.15) is 30.9 Å². The van der Waals surface area contributed by atoms with Crippen molar-refractivity contribution in [2.75, 3.05) is 0 Å². The van der Waals surface area contributed by atoms with Gasteiger partial charge in [0.1, 0.15) is 0 Å². The summed E-state index contributed by atoms with van der Waals surface area (Å²) in [5, 5.41) is 0. The van der Waals surface area contributed by atoms with Gasteiger partial charge in [-0.25, -0.2) is 17.6 Å². The molecule has 0 aromatic heterocycles. The molecule has 3 aromatic rings. The molecule has 0 spiro atoms. The molecule has 0 bridgehead atoms. The Bertz CT molecular complexity index is 1010. The van der Waals surface area contributed by atoms with E-state index in [0.29, 0.717) is 17.7 Å². The first-order valence-electron chi connectivity index (χ1n) is 9.32. The second-order valence-electron chi connectivity index (χ2n) is 6.82. The number of alkyl halides is 2. The Labute approximate surface area is 169 Å². The largest absolute Gasteiger partial charge is 0.427 e. The van der Waals surface area contributed by atoms with Crippen molar-refractivity contribution >= 4 is 0 Å². The molecule has 0 saturated carbocycles. The highest BCUT2D eigenvalue weighted by Crippen LogP contribution is 2.37. The molecule has 158 valence electrons. The second kappa shape index (κ2) is 8.81. The molecule has 0 amide bonds. The minimum absolute atomic E-state index is 0.149. The van der Waals surface area contributed by atoms with Crippen LogP contribution in [0, 0.1) is 23.3 Å². The van der Waals surface area contributed by atoms with Crippen LogP contribution in [0.4, 0.5) is 26.3 Å². The van der Waals surface area contributed by atoms with Crippen LogP contribution in [0.5, 0.6) is 5.75 Å². The summed E-state index contributed by atoms with van der Waals surface area (Å²) in [5.74, 6) is -6.87. The molecule has 0 unspecified atom stereocenters. The van der Waals surface area contributed by atoms with Crippen LogP contribution in [0.25, 0.3) is 11.1 Å². The number of halogens is 6. The SMILES string of the molecule is CCCCc1ccc(-c2cc(F)c(OC(F)(F)c3ccc(F)c(F)c3)c(F)c2)cc1. The molecule has 0 aliphatic rings. The molecule has 0 aliphatic carbocycles. The van der Waals surface area contributed by atoms with E-state index in [0.717, 1.165) is 37.0 Å². The molecule has 0 radical (unpaired) electrons. The Balaban J connectivity index is 1.86. The maximum absolute atomic E-state index is 14.4. The summed E-state index contributed by atoms with van der Waals surface area (Å²) in [5.41, 5.74) is 0.655. The lowest BCUT2D eigenvalue weighted by atomic mass is 10.0. The van der Waals surface area contributed by atoms with E-state index in [1.54, 1.807) is 12.1 Å². The van der Waals surface area contributed by atoms with Gasteiger partial charge in [0.15, 0.2) is 29.0 Å². The summed E-state index contributed by atoms with van der Waals surface area (Å²) >= 11 is 0. The molecule has 0 heterocycles. The van der Waals surface area contributed by atoms with Crippen LogP contribution in [0.2, 0.25) is 0 Å². The third-order valence-electron chi connectivity index (χ3n) is 4.59. The fraction of sp³-hybridized carbons (Fsp3) is 0.217. The van der Waals surface area contributed by atoms with E-state index in [1.807, 2.05) is 12.1 Å². The van der Waals surface area contributed by atoms with Gasteiger partial charge in [-0.15, -0.1) is 0 Å². The van der Waals surface area contributed by atoms with Crippen molar-refractivity contribution in [3.05, 3.63) is 89.0 Å². The predicted octanol–water partition coefficient (Wildman–Crippen LogP) is 7.38. The second-order valence-corrected chi connectivity index (χ2v) is 6.82. The molecular formula is C23H18F6O. The van der Waals surface area contributed by atoms with Crippen molar-refractivity contribution in [1.29, 1.82) is 0 Å². The van der Waals surface area contributed by atoms with Crippen LogP contribution in [0.15, 0.2) is 54.6 Å². The maximum atomic E-state index is 14.4. The average Bonchev–Trinajstić information content (AvgIpc) is 2.71. The van der Waals surface area contributed by atoms with Crippen molar-refractivity contribution in [1.82, 2.24) is 0 Å². The smallest absolute Gasteiger partial charge is 0.423 e. The number of unbranched alkanes of at least 4 members (excludes halogenated alkanes) is 1. The molecular weight excluding hydrogens is 406 g/mol. The first-order valence-corrected chi connectivity index (χ1v) is 9.32. The van der Waals surface area contributed by atoms with Crippen molar-refractivity contribution < 1.29 is 31.1 Å². The standard InChI is InChI=1S/C23H18F6O/c1-2-3-4-14-5-7-15(8-6-14)16-11-20(26)22(21(27)12-16)30-23(28,29)17-9-10-18(24)19(25)13-17/h5-13H,2-4H2,1H3. The van der Waals surface area contributed by atoms with Crippen LogP contribution >= 0.6 is 0 Å². The van der Waals surface area contributed by atoms with E-state index in [1.165, 1.54) is 0 Å². The van der Waals surface area contributed by atoms with E-state index in [4.69, 9.17) is 0 Å². The number of ether oxygens (including phenoxy) is 1. The zero-order valence-electron chi connectivity index (χ0n) is 16.0. The normalized spacial score (nSPS) is 11.6. The van der Waals surface area contributed by atoms with Gasteiger partial charge in [-0.3, -0.25) is 0 Å². The Hall–Kier alpha value is -2.96. The van der Waals surface area contributed by atoms with E-state index in [9.17, 15) is 26.3 Å². The minimum atomic E-state index is -4.28. The van der Waals surface area contributed by atoms with Crippen LogP contribution in [-0.4, -0.2) is 0 Å². The Morgan fingerprint density at radius 2 is 1.37 bits per heavy atom. The highest BCUT2D eigenvalue weighted by Gasteiger charge is 2.37. The molecule has 0 saturated heterocycles. The Morgan fingerprint density at radius 1 is 0.733 bits per heavy atom. The van der Waals surface area contributed by atoms with Crippen molar-refractivity contribution in [3.63, 3.8) is 0 Å². The third-order valence-corrected chi connectivity index (χ3v) is 4.59. The number of hydrogen-bond donors (Lipinski definition) is 0. The zero-order chi connectivity index (χ0) is 21.9. The summed E-state index contributed by atoms with van der Waals surface area (Å²) in [4.78, 5) is 0. The summed E-state index contributed by atoms with van der Waals surface area (Å²) in [6, 6.07) is 10.1. The molecule has 0 atom stereocenters. The number of hydrogen-bond acceptors (Lipinski definition) is 1. The number of aryl methyl sites for hydroxylation is 1. The van der Waals surface area contributed by atoms with Crippen molar-refractivity contribution in [2.45, 2.75) is 32.3 Å². The number of rotatable bonds is 7. The molecule has 0 fully saturated rings. The topological polar surface area (TPSA) is 9.23 Å². The van der Waals surface area contributed by atoms with Gasteiger partial charge in [0.05, 0.1) is 5.56 Å². The summed E-state index contributed by atoms with van der Waals surface area (Å²) < 4.78 is 87.7. The van der Waals surface area contributed by atoms with E-state index < -0.39 is 40.7 Å². The molecule has 3 aromatic carbocycles. The predicted molar refractivity (Wildman–Crippen MR) is 101 cm³/mol. The van der Waals surface area contributed by atoms with Crippen LogP contribution < -0.4 is 4.74 Å². The average molecular weight is 424 g/mol. The van der Waals surface area contributed by atoms with Crippen LogP contribution in [-0.2, 0) is 12.5 Å². The minimum Gasteiger partial charge on any atom is -0.423 e. The zero-order valence-corrected chi connectivity index (χ0v) is 16.0. The lowest BCUT2D eigenvalue weighted by Crippen LogP contribution is -2.23. The quantitative estimate of drug-likeness (QED) is 0.360. The van der Waals surface area contributed by atoms with Gasteiger partial charge in [0.2, 0.25) is 0 Å². The molecule has 7 heteroatoms. The molecule has 1 nitrogen and oxygen atoms in total. The summed E-state index contributed by atoms with van der Waals surface area (Å²) in [6.07, 6.45) is -1.35. The first kappa shape index (κ1) is 21.7.